The van der Waals surface area contributed by atoms with Crippen molar-refractivity contribution in [3.8, 4) is 0 Å². The van der Waals surface area contributed by atoms with Crippen LogP contribution in [0.4, 0.5) is 22.0 Å². The summed E-state index contributed by atoms with van der Waals surface area (Å²) in [7, 11) is 0. The molecule has 3 aromatic rings. The molecular weight excluding hydrogens is 567 g/mol. The van der Waals surface area contributed by atoms with Crippen molar-refractivity contribution >= 4 is 28.2 Å². The molecule has 0 fully saturated rings. The Morgan fingerprint density at radius 3 is 2.19 bits per heavy atom. The summed E-state index contributed by atoms with van der Waals surface area (Å²) in [6, 6.07) is 9.04. The highest BCUT2D eigenvalue weighted by atomic mass is 35.5. The van der Waals surface area contributed by atoms with Crippen LogP contribution in [0, 0.1) is 18.6 Å². The summed E-state index contributed by atoms with van der Waals surface area (Å²) in [5, 5.41) is 1.74. The van der Waals surface area contributed by atoms with E-state index in [1.807, 2.05) is 32.0 Å². The van der Waals surface area contributed by atoms with E-state index in [1.165, 1.54) is 5.71 Å². The molecule has 8 heteroatoms. The van der Waals surface area contributed by atoms with Crippen molar-refractivity contribution in [1.82, 2.24) is 4.98 Å². The van der Waals surface area contributed by atoms with Gasteiger partial charge in [-0.1, -0.05) is 70.5 Å². The Labute approximate surface area is 252 Å². The minimum absolute atomic E-state index is 0.270. The van der Waals surface area contributed by atoms with E-state index in [2.05, 4.69) is 50.3 Å². The molecule has 3 rings (SSSR count). The molecule has 1 aromatic heterocycles. The second kappa shape index (κ2) is 17.3. The third-order valence-electron chi connectivity index (χ3n) is 6.75. The third-order valence-corrected chi connectivity index (χ3v) is 6.98. The van der Waals surface area contributed by atoms with Gasteiger partial charge in [-0.05, 0) is 88.3 Å². The van der Waals surface area contributed by atoms with Crippen LogP contribution in [0.2, 0.25) is 5.02 Å². The molecule has 42 heavy (non-hydrogen) atoms. The molecule has 0 saturated carbocycles. The molecule has 0 bridgehead atoms. The summed E-state index contributed by atoms with van der Waals surface area (Å²) in [6.07, 6.45) is 3.05. The first-order chi connectivity index (χ1) is 19.6. The van der Waals surface area contributed by atoms with Crippen LogP contribution in [-0.4, -0.2) is 16.9 Å². The van der Waals surface area contributed by atoms with Crippen LogP contribution in [0.25, 0.3) is 10.9 Å². The Hall–Kier alpha value is -2.93. The maximum atomic E-state index is 14.5. The van der Waals surface area contributed by atoms with Gasteiger partial charge in [-0.25, -0.2) is 8.78 Å². The van der Waals surface area contributed by atoms with Crippen LogP contribution in [0.5, 0.6) is 0 Å². The van der Waals surface area contributed by atoms with E-state index < -0.39 is 23.4 Å². The molecular formula is C34H44ClF5N2. The van der Waals surface area contributed by atoms with Crippen LogP contribution in [0.1, 0.15) is 102 Å². The first kappa shape index (κ1) is 37.1. The Morgan fingerprint density at radius 1 is 1.05 bits per heavy atom. The molecule has 2 aromatic carbocycles. The van der Waals surface area contributed by atoms with Crippen molar-refractivity contribution in [2.24, 2.45) is 4.99 Å². The van der Waals surface area contributed by atoms with Crippen LogP contribution >= 0.6 is 11.6 Å². The number of benzene rings is 2. The fraction of sp³-hybridized carbons (Fsp3) is 0.441. The predicted molar refractivity (Wildman–Crippen MR) is 169 cm³/mol. The van der Waals surface area contributed by atoms with E-state index in [9.17, 15) is 22.0 Å². The quantitative estimate of drug-likeness (QED) is 0.149. The molecule has 1 N–H and O–H groups in total. The number of nitrogens with one attached hydrogen (secondary N) is 1. The number of aromatic amines is 1. The summed E-state index contributed by atoms with van der Waals surface area (Å²) in [4.78, 5) is 7.78. The number of unbranched alkanes of at least 4 members (excludes halogenated alkanes) is 1. The lowest BCUT2D eigenvalue weighted by atomic mass is 9.91. The van der Waals surface area contributed by atoms with Crippen LogP contribution in [0.15, 0.2) is 59.2 Å². The number of aromatic nitrogens is 1. The first-order valence-electron chi connectivity index (χ1n) is 14.3. The monoisotopic (exact) mass is 610 g/mol. The third kappa shape index (κ3) is 11.0. The van der Waals surface area contributed by atoms with Gasteiger partial charge in [0, 0.05) is 44.5 Å². The van der Waals surface area contributed by atoms with E-state index in [4.69, 9.17) is 11.6 Å². The molecule has 232 valence electrons. The fourth-order valence-electron chi connectivity index (χ4n) is 4.11. The maximum absolute atomic E-state index is 14.5. The summed E-state index contributed by atoms with van der Waals surface area (Å²) < 4.78 is 61.8. The average Bonchev–Trinajstić information content (AvgIpc) is 3.28. The lowest BCUT2D eigenvalue weighted by molar-refractivity contribution is -0.0909. The van der Waals surface area contributed by atoms with Gasteiger partial charge >= 0.3 is 6.18 Å². The second-order valence-electron chi connectivity index (χ2n) is 10.4. The molecule has 0 aliphatic carbocycles. The van der Waals surface area contributed by atoms with Gasteiger partial charge in [0.15, 0.2) is 11.6 Å². The normalized spacial score (nSPS) is 12.8. The predicted octanol–water partition coefficient (Wildman–Crippen LogP) is 12.2. The standard InChI is InChI=1S/C21H22ClF2N.C9H17N.C4H5F3/c1-4-5-6-16-17-11-14(22)8-10-18(17)25-21(16)13(3)15-9-7-12(2)19(23)20(15)24;1-5-7-9(4)10-8(3)6-2;1-3(2)4(5,6)7/h7-11,13,25H,4-6H2,1-3H3;7H,5-6H2,1-4H3;1H2,2H3/b;9-7+,10-8?;. The number of aliphatic imine (C=N–C) groups is 1. The van der Waals surface area contributed by atoms with E-state index >= 15 is 0 Å². The smallest absolute Gasteiger partial charge is 0.358 e. The number of alkyl halides is 3. The molecule has 0 aliphatic rings. The topological polar surface area (TPSA) is 28.1 Å². The summed E-state index contributed by atoms with van der Waals surface area (Å²) >= 11 is 6.17. The van der Waals surface area contributed by atoms with Gasteiger partial charge in [0.2, 0.25) is 0 Å². The number of nitrogens with zero attached hydrogens (tertiary/aromatic N) is 1. The van der Waals surface area contributed by atoms with Crippen molar-refractivity contribution in [3.63, 3.8) is 0 Å². The van der Waals surface area contributed by atoms with E-state index in [0.717, 1.165) is 66.9 Å². The van der Waals surface area contributed by atoms with Gasteiger partial charge in [-0.15, -0.1) is 0 Å². The minimum atomic E-state index is -4.19. The first-order valence-corrected chi connectivity index (χ1v) is 14.6. The number of aryl methyl sites for hydroxylation is 2. The van der Waals surface area contributed by atoms with Gasteiger partial charge < -0.3 is 4.98 Å². The number of allylic oxidation sites excluding steroid dienone is 3. The van der Waals surface area contributed by atoms with Crippen LogP contribution in [0.3, 0.4) is 0 Å². The Kier molecular flexibility index (Phi) is 15.2. The SMILES string of the molecule is C=C(C)C(F)(F)F.CC/C=C(\C)N=C(C)CC.CCCCc1c(C(C)c2ccc(C)c(F)c2F)[nH]c2ccc(Cl)cc12. The largest absolute Gasteiger partial charge is 0.411 e. The molecule has 0 radical (unpaired) electrons. The zero-order valence-electron chi connectivity index (χ0n) is 26.0. The van der Waals surface area contributed by atoms with Gasteiger partial charge in [0.1, 0.15) is 0 Å². The number of hydrogen-bond acceptors (Lipinski definition) is 1. The highest BCUT2D eigenvalue weighted by Gasteiger charge is 2.27. The Morgan fingerprint density at radius 2 is 1.67 bits per heavy atom. The van der Waals surface area contributed by atoms with E-state index in [1.54, 1.807) is 19.1 Å². The Bertz CT molecular complexity index is 1380. The minimum Gasteiger partial charge on any atom is -0.358 e. The molecule has 0 spiro atoms. The zero-order valence-corrected chi connectivity index (χ0v) is 26.8. The number of hydrogen-bond donors (Lipinski definition) is 1. The highest BCUT2D eigenvalue weighted by Crippen LogP contribution is 2.35. The van der Waals surface area contributed by atoms with E-state index in [0.29, 0.717) is 16.1 Å². The summed E-state index contributed by atoms with van der Waals surface area (Å²) in [5.74, 6) is -1.79. The molecule has 0 saturated heterocycles. The van der Waals surface area contributed by atoms with Gasteiger partial charge in [0.25, 0.3) is 0 Å². The lowest BCUT2D eigenvalue weighted by Crippen LogP contribution is -2.06. The average molecular weight is 611 g/mol. The van der Waals surface area contributed by atoms with Crippen LogP contribution in [-0.2, 0) is 6.42 Å². The molecule has 1 unspecified atom stereocenters. The Balaban J connectivity index is 0.000000429. The zero-order chi connectivity index (χ0) is 32.2. The van der Waals surface area contributed by atoms with Crippen molar-refractivity contribution < 1.29 is 22.0 Å². The number of H-pyrrole nitrogens is 1. The van der Waals surface area contributed by atoms with Gasteiger partial charge in [-0.2, -0.15) is 13.2 Å². The molecule has 0 aliphatic heterocycles. The van der Waals surface area contributed by atoms with Crippen molar-refractivity contribution in [2.75, 3.05) is 0 Å². The van der Waals surface area contributed by atoms with Crippen molar-refractivity contribution in [3.05, 3.63) is 93.3 Å². The van der Waals surface area contributed by atoms with Crippen molar-refractivity contribution in [2.45, 2.75) is 99.6 Å². The van der Waals surface area contributed by atoms with E-state index in [-0.39, 0.29) is 5.92 Å². The second-order valence-corrected chi connectivity index (χ2v) is 10.8. The van der Waals surface area contributed by atoms with Gasteiger partial charge in [-0.3, -0.25) is 4.99 Å². The van der Waals surface area contributed by atoms with Crippen molar-refractivity contribution in [1.29, 1.82) is 0 Å². The molecule has 1 atom stereocenters. The summed E-state index contributed by atoms with van der Waals surface area (Å²) in [5.41, 5.74) is 5.35. The molecule has 2 nitrogen and oxygen atoms in total. The van der Waals surface area contributed by atoms with Crippen LogP contribution < -0.4 is 0 Å². The summed E-state index contributed by atoms with van der Waals surface area (Å²) in [6.45, 7) is 17.6. The fourth-order valence-corrected chi connectivity index (χ4v) is 4.28. The van der Waals surface area contributed by atoms with Gasteiger partial charge in [0.05, 0.1) is 0 Å². The molecule has 1 heterocycles. The molecule has 0 amide bonds. The highest BCUT2D eigenvalue weighted by molar-refractivity contribution is 6.31. The maximum Gasteiger partial charge on any atom is 0.411 e. The number of rotatable bonds is 8. The number of halogens is 6. The number of fused-ring (bicyclic) bond motifs is 1. The lowest BCUT2D eigenvalue weighted by Gasteiger charge is -2.15.